The van der Waals surface area contributed by atoms with Crippen LogP contribution >= 0.6 is 23.1 Å². The second-order valence-corrected chi connectivity index (χ2v) is 17.4. The number of hydrogen-bond acceptors (Lipinski definition) is 13. The van der Waals surface area contributed by atoms with Gasteiger partial charge in [-0.05, 0) is 96.0 Å². The Morgan fingerprint density at radius 2 is 1.22 bits per heavy atom. The van der Waals surface area contributed by atoms with Gasteiger partial charge in [-0.25, -0.2) is 0 Å². The van der Waals surface area contributed by atoms with E-state index in [1.807, 2.05) is 56.3 Å². The molecule has 0 atom stereocenters. The Morgan fingerprint density at radius 1 is 0.733 bits per heavy atom. The molecule has 328 valence electrons. The van der Waals surface area contributed by atoms with Gasteiger partial charge in [-0.3, -0.25) is 9.59 Å². The maximum atomic E-state index is 11.8. The van der Waals surface area contributed by atoms with E-state index in [0.29, 0.717) is 62.6 Å². The molecule has 4 aromatic rings. The van der Waals surface area contributed by atoms with Gasteiger partial charge in [0.15, 0.2) is 5.00 Å². The van der Waals surface area contributed by atoms with Crippen molar-refractivity contribution < 1.29 is 11.0 Å². The molecule has 0 aliphatic rings. The van der Waals surface area contributed by atoms with Crippen molar-refractivity contribution in [1.82, 2.24) is 8.75 Å². The van der Waals surface area contributed by atoms with Crippen LogP contribution < -0.4 is 26.2 Å². The fourth-order valence-corrected chi connectivity index (χ4v) is 7.38. The standard InChI is InChI=1S/C22H30N6OS.C16H26N2O.C6H7N3S.CH3.H/c1-7-19-18(11-23)22(30-27-19)26-25-20-9-8-17(10-21(20)24-16(6)29)28(12-14(2)3)13-15(4)5;1-12(2)10-18(11-13(3)4)16-8-6-7-15(9-16)17-14(5)19;1-2-5-4(3-7)6(8)10-9-5;;/h8-10,14-15H,7,12-13H2,1-6H3,(H,24,29);6-9,12-13H,10-11H2,1-5H3,(H,17,19);2,8H2,1H3;1H3;/q;;;2*-1. The van der Waals surface area contributed by atoms with Gasteiger partial charge in [0.2, 0.25) is 11.8 Å². The molecule has 2 amide bonds. The van der Waals surface area contributed by atoms with Crippen LogP contribution in [0.5, 0.6) is 0 Å². The number of nitrogens with zero attached hydrogens (tertiary/aromatic N) is 8. The number of nitriles is 2. The topological polar surface area (TPSA) is 189 Å². The minimum absolute atomic E-state index is 0. The number of anilines is 5. The number of nitrogens with one attached hydrogen (secondary N) is 2. The van der Waals surface area contributed by atoms with Crippen LogP contribution in [-0.2, 0) is 22.4 Å². The Hall–Kier alpha value is -5.38. The molecule has 15 heteroatoms. The molecule has 2 aromatic carbocycles. The number of amides is 2. The number of nitrogen functional groups attached to an aromatic ring is 1. The van der Waals surface area contributed by atoms with Crippen LogP contribution in [-0.4, -0.2) is 46.7 Å². The molecule has 0 aliphatic heterocycles. The largest absolute Gasteiger partial charge is 1.00 e. The predicted molar refractivity (Wildman–Crippen MR) is 254 cm³/mol. The highest BCUT2D eigenvalue weighted by molar-refractivity contribution is 7.10. The predicted octanol–water partition coefficient (Wildman–Crippen LogP) is 11.6. The molecule has 0 bridgehead atoms. The van der Waals surface area contributed by atoms with Gasteiger partial charge in [0.1, 0.15) is 34.0 Å². The molecule has 0 aliphatic carbocycles. The Balaban J connectivity index is 0.000000989. The molecule has 0 spiro atoms. The van der Waals surface area contributed by atoms with Crippen LogP contribution in [0.25, 0.3) is 0 Å². The smallest absolute Gasteiger partial charge is 0.221 e. The monoisotopic (exact) mass is 857 g/mol. The third-order valence-corrected chi connectivity index (χ3v) is 9.69. The summed E-state index contributed by atoms with van der Waals surface area (Å²) in [5, 5.41) is 33.2. The van der Waals surface area contributed by atoms with Crippen molar-refractivity contribution >= 4 is 73.3 Å². The van der Waals surface area contributed by atoms with E-state index in [0.717, 1.165) is 66.9 Å². The van der Waals surface area contributed by atoms with E-state index in [1.54, 1.807) is 0 Å². The number of carbonyl (C=O) groups is 2. The lowest BCUT2D eigenvalue weighted by molar-refractivity contribution is -0.115. The molecular weight excluding hydrogens is 791 g/mol. The zero-order valence-corrected chi connectivity index (χ0v) is 39.5. The van der Waals surface area contributed by atoms with E-state index in [-0.39, 0.29) is 20.7 Å². The molecule has 4 N–H and O–H groups in total. The van der Waals surface area contributed by atoms with E-state index in [9.17, 15) is 14.9 Å². The quantitative estimate of drug-likeness (QED) is 0.0727. The second kappa shape index (κ2) is 26.7. The molecule has 0 radical (unpaired) electrons. The second-order valence-electron chi connectivity index (χ2n) is 15.8. The van der Waals surface area contributed by atoms with Gasteiger partial charge in [0.05, 0.1) is 17.1 Å². The van der Waals surface area contributed by atoms with Crippen LogP contribution in [0, 0.1) is 53.8 Å². The summed E-state index contributed by atoms with van der Waals surface area (Å²) >= 11 is 2.34. The normalized spacial score (nSPS) is 10.6. The zero-order valence-electron chi connectivity index (χ0n) is 38.9. The minimum Gasteiger partial charge on any atom is -1.00 e. The summed E-state index contributed by atoms with van der Waals surface area (Å²) in [6.07, 6.45) is 1.44. The highest BCUT2D eigenvalue weighted by atomic mass is 32.1. The third kappa shape index (κ3) is 17.9. The van der Waals surface area contributed by atoms with Crippen molar-refractivity contribution in [1.29, 1.82) is 10.5 Å². The molecule has 0 saturated carbocycles. The fraction of sp³-hybridized carbons (Fsp3) is 0.489. The first-order valence-corrected chi connectivity index (χ1v) is 21.7. The average molecular weight is 858 g/mol. The van der Waals surface area contributed by atoms with Crippen LogP contribution in [0.4, 0.5) is 38.4 Å². The van der Waals surface area contributed by atoms with Crippen LogP contribution in [0.2, 0.25) is 0 Å². The van der Waals surface area contributed by atoms with Crippen molar-refractivity contribution in [3.8, 4) is 12.1 Å². The number of nitrogens with two attached hydrogens (primary N) is 1. The summed E-state index contributed by atoms with van der Waals surface area (Å²) in [6, 6.07) is 18.0. The zero-order chi connectivity index (χ0) is 44.2. The number of aryl methyl sites for hydroxylation is 2. The Bertz CT molecular complexity index is 2040. The van der Waals surface area contributed by atoms with Crippen molar-refractivity contribution in [2.45, 2.75) is 95.9 Å². The lowest BCUT2D eigenvalue weighted by Gasteiger charge is -2.29. The van der Waals surface area contributed by atoms with Gasteiger partial charge in [-0.1, -0.05) is 75.3 Å². The molecular formula is C45H67N11O2S2-2. The molecule has 2 heterocycles. The number of carbonyl (C=O) groups excluding carboxylic acids is 2. The number of hydrogen-bond donors (Lipinski definition) is 3. The van der Waals surface area contributed by atoms with Gasteiger partial charge in [-0.15, -0.1) is 10.2 Å². The first-order valence-electron chi connectivity index (χ1n) is 20.2. The van der Waals surface area contributed by atoms with E-state index in [2.05, 4.69) is 107 Å². The Kier molecular flexibility index (Phi) is 23.4. The molecule has 0 saturated heterocycles. The summed E-state index contributed by atoms with van der Waals surface area (Å²) in [7, 11) is 0. The molecule has 0 fully saturated rings. The highest BCUT2D eigenvalue weighted by Crippen LogP contribution is 2.35. The summed E-state index contributed by atoms with van der Waals surface area (Å²) in [5.41, 5.74) is 12.2. The first kappa shape index (κ1) is 52.6. The molecule has 13 nitrogen and oxygen atoms in total. The van der Waals surface area contributed by atoms with E-state index < -0.39 is 0 Å². The lowest BCUT2D eigenvalue weighted by Crippen LogP contribution is -2.31. The number of aromatic nitrogens is 2. The number of benzene rings is 2. The molecule has 60 heavy (non-hydrogen) atoms. The van der Waals surface area contributed by atoms with E-state index >= 15 is 0 Å². The van der Waals surface area contributed by atoms with Gasteiger partial charge >= 0.3 is 0 Å². The lowest BCUT2D eigenvalue weighted by atomic mass is 10.1. The molecule has 4 rings (SSSR count). The summed E-state index contributed by atoms with van der Waals surface area (Å²) < 4.78 is 8.27. The Labute approximate surface area is 368 Å². The number of rotatable bonds is 16. The van der Waals surface area contributed by atoms with E-state index in [1.165, 1.54) is 31.1 Å². The summed E-state index contributed by atoms with van der Waals surface area (Å²) in [5.74, 6) is 2.04. The van der Waals surface area contributed by atoms with E-state index in [4.69, 9.17) is 11.0 Å². The third-order valence-electron chi connectivity index (χ3n) is 8.21. The molecule has 0 unspecified atom stereocenters. The molecule has 2 aromatic heterocycles. The van der Waals surface area contributed by atoms with Crippen molar-refractivity contribution in [2.75, 3.05) is 52.3 Å². The van der Waals surface area contributed by atoms with Crippen molar-refractivity contribution in [3.05, 3.63) is 72.4 Å². The van der Waals surface area contributed by atoms with Gasteiger partial charge in [0.25, 0.3) is 0 Å². The first-order chi connectivity index (χ1) is 27.9. The van der Waals surface area contributed by atoms with Crippen LogP contribution in [0.3, 0.4) is 0 Å². The minimum atomic E-state index is -0.174. The highest BCUT2D eigenvalue weighted by Gasteiger charge is 2.16. The maximum Gasteiger partial charge on any atom is 0.221 e. The van der Waals surface area contributed by atoms with Crippen molar-refractivity contribution in [2.24, 2.45) is 33.9 Å². The average Bonchev–Trinajstić information content (AvgIpc) is 3.74. The van der Waals surface area contributed by atoms with Gasteiger partial charge < -0.3 is 35.0 Å². The summed E-state index contributed by atoms with van der Waals surface area (Å²) in [4.78, 5) is 27.6. The maximum absolute atomic E-state index is 11.8. The number of azo groups is 1. The van der Waals surface area contributed by atoms with Gasteiger partial charge in [0, 0.05) is 57.1 Å². The van der Waals surface area contributed by atoms with Crippen molar-refractivity contribution in [3.63, 3.8) is 0 Å². The van der Waals surface area contributed by atoms with Crippen LogP contribution in [0.1, 0.15) is 107 Å². The Morgan fingerprint density at radius 3 is 1.67 bits per heavy atom. The fourth-order valence-electron chi connectivity index (χ4n) is 5.95. The van der Waals surface area contributed by atoms with Crippen LogP contribution in [0.15, 0.2) is 52.7 Å². The van der Waals surface area contributed by atoms with Gasteiger partial charge in [-0.2, -0.15) is 19.3 Å². The summed E-state index contributed by atoms with van der Waals surface area (Å²) in [6.45, 7) is 28.5. The SMILES string of the molecule is CC(=O)Nc1cccc(N(CC(C)C)CC(C)C)c1.CCc1nsc(N)c1C#N.CCc1nsc(N=Nc2ccc(N(CC(C)C)CC(C)C)cc2NC(C)=O)c1C#N.[CH3-].[H-].